The van der Waals surface area contributed by atoms with Crippen molar-refractivity contribution >= 4 is 29.4 Å². The maximum absolute atomic E-state index is 14.0. The Hall–Kier alpha value is -2.72. The highest BCUT2D eigenvalue weighted by Gasteiger charge is 2.67. The second-order valence-electron chi connectivity index (χ2n) is 11.3. The summed E-state index contributed by atoms with van der Waals surface area (Å²) in [4.78, 5) is 43.1. The number of hydrogen-bond acceptors (Lipinski definition) is 8. The molecule has 0 spiro atoms. The molecule has 2 saturated carbocycles. The summed E-state index contributed by atoms with van der Waals surface area (Å²) in [7, 11) is 3.95. The fraction of sp³-hybridized carbons (Fsp3) is 0.607. The number of rotatable bonds is 10. The first kappa shape index (κ1) is 28.3. The zero-order valence-electron chi connectivity index (χ0n) is 23.2. The maximum Gasteiger partial charge on any atom is 0.287 e. The number of nitrogens with zero attached hydrogens (tertiary/aromatic N) is 3. The van der Waals surface area contributed by atoms with Crippen LogP contribution in [0.4, 0.5) is 0 Å². The number of Topliss-reactive ketones (excluding diaryl/α,β-unsaturated/α-hetero) is 1. The molecule has 2 aromatic rings. The van der Waals surface area contributed by atoms with Crippen LogP contribution >= 0.6 is 11.8 Å². The van der Waals surface area contributed by atoms with Gasteiger partial charge in [-0.15, -0.1) is 10.2 Å². The lowest BCUT2D eigenvalue weighted by molar-refractivity contribution is -0.129. The van der Waals surface area contributed by atoms with Crippen LogP contribution in [-0.4, -0.2) is 63.1 Å². The van der Waals surface area contributed by atoms with Gasteiger partial charge < -0.3 is 20.0 Å². The molecule has 10 heteroatoms. The molecule has 2 atom stereocenters. The summed E-state index contributed by atoms with van der Waals surface area (Å²) < 4.78 is 5.66. The van der Waals surface area contributed by atoms with Gasteiger partial charge in [-0.1, -0.05) is 70.9 Å². The van der Waals surface area contributed by atoms with Crippen LogP contribution in [0.5, 0.6) is 0 Å². The molecule has 2 fully saturated rings. The minimum atomic E-state index is -1.13. The summed E-state index contributed by atoms with van der Waals surface area (Å²) in [5.74, 6) is -1.29. The Morgan fingerprint density at radius 1 is 1.08 bits per heavy atom. The fourth-order valence-electron chi connectivity index (χ4n) is 5.54. The molecular weight excluding hydrogens is 502 g/mol. The van der Waals surface area contributed by atoms with Crippen molar-refractivity contribution in [3.63, 3.8) is 0 Å². The highest BCUT2D eigenvalue weighted by Crippen LogP contribution is 2.52. The largest absolute Gasteiger partial charge is 0.408 e. The predicted octanol–water partition coefficient (Wildman–Crippen LogP) is 4.09. The van der Waals surface area contributed by atoms with E-state index in [2.05, 4.69) is 20.8 Å². The van der Waals surface area contributed by atoms with E-state index in [1.165, 1.54) is 11.8 Å². The summed E-state index contributed by atoms with van der Waals surface area (Å²) in [6, 6.07) is 7.47. The molecule has 0 saturated heterocycles. The number of carbonyl (C=O) groups is 3. The van der Waals surface area contributed by atoms with Gasteiger partial charge in [0, 0.05) is 17.4 Å². The second-order valence-corrected chi connectivity index (χ2v) is 12.8. The third-order valence-electron chi connectivity index (χ3n) is 7.89. The Morgan fingerprint density at radius 3 is 2.37 bits per heavy atom. The molecule has 2 aliphatic rings. The third-order valence-corrected chi connectivity index (χ3v) is 8.73. The minimum Gasteiger partial charge on any atom is -0.408 e. The Bertz CT molecular complexity index is 1180. The zero-order valence-corrected chi connectivity index (χ0v) is 24.0. The standard InChI is InChI=1S/C28H39N5O4S/c1-17(2)38-26-32-31-24(37-26)22(34)28(18(3)19(28)4)30-25(36)27(13-8-7-9-14-27)29-23(35)21-12-10-11-20(15-21)16-33(5)6/h10-12,15,17-19H,7-9,13-14,16H2,1-6H3,(H,29,35)(H,30,36). The van der Waals surface area contributed by atoms with Crippen LogP contribution in [0.25, 0.3) is 0 Å². The molecule has 9 nitrogen and oxygen atoms in total. The van der Waals surface area contributed by atoms with Gasteiger partial charge in [0.2, 0.25) is 11.7 Å². The molecule has 1 aromatic heterocycles. The molecule has 1 heterocycles. The van der Waals surface area contributed by atoms with Crippen LogP contribution in [0.3, 0.4) is 0 Å². The van der Waals surface area contributed by atoms with E-state index in [0.29, 0.717) is 30.2 Å². The van der Waals surface area contributed by atoms with Gasteiger partial charge in [-0.2, -0.15) is 0 Å². The molecule has 38 heavy (non-hydrogen) atoms. The summed E-state index contributed by atoms with van der Waals surface area (Å²) in [6.07, 6.45) is 3.67. The number of carbonyl (C=O) groups excluding carboxylic acids is 3. The number of benzene rings is 1. The molecule has 1 aromatic carbocycles. The van der Waals surface area contributed by atoms with E-state index in [1.54, 1.807) is 6.07 Å². The molecule has 206 valence electrons. The number of ketones is 1. The molecule has 0 aliphatic heterocycles. The summed E-state index contributed by atoms with van der Waals surface area (Å²) in [5, 5.41) is 14.7. The first-order chi connectivity index (χ1) is 18.0. The average Bonchev–Trinajstić information content (AvgIpc) is 3.18. The number of thioether (sulfide) groups is 1. The maximum atomic E-state index is 14.0. The lowest BCUT2D eigenvalue weighted by Crippen LogP contribution is -2.63. The average molecular weight is 542 g/mol. The molecule has 0 radical (unpaired) electrons. The van der Waals surface area contributed by atoms with E-state index in [4.69, 9.17) is 4.42 Å². The predicted molar refractivity (Wildman–Crippen MR) is 146 cm³/mol. The van der Waals surface area contributed by atoms with Gasteiger partial charge >= 0.3 is 0 Å². The van der Waals surface area contributed by atoms with E-state index in [0.717, 1.165) is 24.8 Å². The van der Waals surface area contributed by atoms with Crippen molar-refractivity contribution in [3.05, 3.63) is 41.3 Å². The SMILES string of the molecule is CC(C)Sc1nnc(C(=O)C2(NC(=O)C3(NC(=O)c4cccc(CN(C)C)c4)CCCCC3)C(C)C2C)o1. The Labute approximate surface area is 228 Å². The van der Waals surface area contributed by atoms with Crippen LogP contribution in [0, 0.1) is 11.8 Å². The van der Waals surface area contributed by atoms with Crippen LogP contribution in [0.2, 0.25) is 0 Å². The Balaban J connectivity index is 1.56. The quantitative estimate of drug-likeness (QED) is 0.341. The molecular formula is C28H39N5O4S. The lowest BCUT2D eigenvalue weighted by Gasteiger charge is -2.38. The van der Waals surface area contributed by atoms with Crippen molar-refractivity contribution in [2.75, 3.05) is 14.1 Å². The van der Waals surface area contributed by atoms with Crippen molar-refractivity contribution in [2.24, 2.45) is 11.8 Å². The summed E-state index contributed by atoms with van der Waals surface area (Å²) in [5.41, 5.74) is -0.688. The van der Waals surface area contributed by atoms with Crippen LogP contribution in [-0.2, 0) is 11.3 Å². The topological polar surface area (TPSA) is 117 Å². The van der Waals surface area contributed by atoms with Crippen LogP contribution < -0.4 is 10.6 Å². The number of amides is 2. The fourth-order valence-corrected chi connectivity index (χ4v) is 6.16. The molecule has 4 rings (SSSR count). The first-order valence-electron chi connectivity index (χ1n) is 13.4. The minimum absolute atomic E-state index is 0.0934. The van der Waals surface area contributed by atoms with Crippen molar-refractivity contribution in [1.82, 2.24) is 25.7 Å². The van der Waals surface area contributed by atoms with Gasteiger partial charge in [-0.25, -0.2) is 0 Å². The van der Waals surface area contributed by atoms with Crippen LogP contribution in [0.1, 0.15) is 86.4 Å². The van der Waals surface area contributed by atoms with Gasteiger partial charge in [0.25, 0.3) is 17.0 Å². The van der Waals surface area contributed by atoms with Crippen molar-refractivity contribution < 1.29 is 18.8 Å². The molecule has 2 unspecified atom stereocenters. The van der Waals surface area contributed by atoms with Gasteiger partial charge in [-0.3, -0.25) is 14.4 Å². The summed E-state index contributed by atoms with van der Waals surface area (Å²) in [6.45, 7) is 8.58. The number of aromatic nitrogens is 2. The third kappa shape index (κ3) is 5.66. The van der Waals surface area contributed by atoms with Gasteiger partial charge in [0.1, 0.15) is 11.1 Å². The van der Waals surface area contributed by atoms with Gasteiger partial charge in [-0.05, 0) is 56.5 Å². The Kier molecular flexibility index (Phi) is 8.32. The number of nitrogens with one attached hydrogen (secondary N) is 2. The molecule has 2 aliphatic carbocycles. The van der Waals surface area contributed by atoms with Crippen molar-refractivity contribution in [3.8, 4) is 0 Å². The van der Waals surface area contributed by atoms with Crippen LogP contribution in [0.15, 0.2) is 33.9 Å². The molecule has 2 N–H and O–H groups in total. The van der Waals surface area contributed by atoms with E-state index in [9.17, 15) is 14.4 Å². The van der Waals surface area contributed by atoms with E-state index in [1.807, 2.05) is 64.9 Å². The molecule has 0 bridgehead atoms. The van der Waals surface area contributed by atoms with E-state index in [-0.39, 0.29) is 40.6 Å². The lowest BCUT2D eigenvalue weighted by atomic mass is 9.80. The first-order valence-corrected chi connectivity index (χ1v) is 14.3. The Morgan fingerprint density at radius 2 is 1.76 bits per heavy atom. The zero-order chi connectivity index (χ0) is 27.7. The highest BCUT2D eigenvalue weighted by atomic mass is 32.2. The second kappa shape index (κ2) is 11.2. The summed E-state index contributed by atoms with van der Waals surface area (Å²) >= 11 is 1.38. The monoisotopic (exact) mass is 541 g/mol. The van der Waals surface area contributed by atoms with E-state index >= 15 is 0 Å². The van der Waals surface area contributed by atoms with Crippen molar-refractivity contribution in [2.45, 2.75) is 87.9 Å². The smallest absolute Gasteiger partial charge is 0.287 e. The molecule has 2 amide bonds. The number of hydrogen-bond donors (Lipinski definition) is 2. The van der Waals surface area contributed by atoms with E-state index < -0.39 is 11.1 Å². The highest BCUT2D eigenvalue weighted by molar-refractivity contribution is 7.99. The normalized spacial score (nSPS) is 24.3. The van der Waals surface area contributed by atoms with Crippen molar-refractivity contribution in [1.29, 1.82) is 0 Å². The van der Waals surface area contributed by atoms with Gasteiger partial charge in [0.15, 0.2) is 0 Å². The van der Waals surface area contributed by atoms with Gasteiger partial charge in [0.05, 0.1) is 0 Å².